The second kappa shape index (κ2) is 10.3. The van der Waals surface area contributed by atoms with E-state index in [4.69, 9.17) is 11.6 Å². The van der Waals surface area contributed by atoms with Gasteiger partial charge in [-0.15, -0.1) is 0 Å². The molecule has 5 atom stereocenters. The Balaban J connectivity index is 1.57. The fourth-order valence-electron chi connectivity index (χ4n) is 5.30. The maximum absolute atomic E-state index is 13.6. The Morgan fingerprint density at radius 2 is 1.83 bits per heavy atom. The number of aliphatic hydroxyl groups is 2. The number of fused-ring (bicyclic) bond motifs is 2. The standard InChI is InChI=1S/C24H26ClF3N2O5S/c1-12-4-15-8-17(9-21(12)30(15)10-16(32)11-31)36(34,35)22-5-13(2-3-18(22)25)24(33)29-14-6-19(26)23(28)20(27)7-14/h2-3,5-7,12,15-17,21,31-32H,4,8-11H2,1H3,(H,29,33)/t12-,15?,16-,17+,21?/m0/s1. The summed E-state index contributed by atoms with van der Waals surface area (Å²) in [7, 11) is -3.97. The molecule has 0 aromatic heterocycles. The van der Waals surface area contributed by atoms with Crippen molar-refractivity contribution in [1.29, 1.82) is 0 Å². The summed E-state index contributed by atoms with van der Waals surface area (Å²) in [5.41, 5.74) is -0.443. The van der Waals surface area contributed by atoms with E-state index in [1.54, 1.807) is 0 Å². The number of aliphatic hydroxyl groups excluding tert-OH is 2. The summed E-state index contributed by atoms with van der Waals surface area (Å²) in [5.74, 6) is -5.29. The molecule has 3 N–H and O–H groups in total. The minimum atomic E-state index is -3.97. The summed E-state index contributed by atoms with van der Waals surface area (Å²) in [6, 6.07) is 4.70. The van der Waals surface area contributed by atoms with E-state index in [9.17, 15) is 36.6 Å². The number of carbonyl (C=O) groups is 1. The van der Waals surface area contributed by atoms with Crippen LogP contribution in [0.25, 0.3) is 0 Å². The molecule has 0 spiro atoms. The molecule has 12 heteroatoms. The van der Waals surface area contributed by atoms with Crippen LogP contribution in [0.1, 0.15) is 36.5 Å². The normalized spacial score (nSPS) is 25.1. The predicted octanol–water partition coefficient (Wildman–Crippen LogP) is 3.38. The SMILES string of the molecule is C[C@H]1CC2C[C@@H](S(=O)(=O)c3cc(C(=O)Nc4cc(F)c(F)c(F)c4)ccc3Cl)CC1N2C[C@H](O)CO. The fourth-order valence-corrected chi connectivity index (χ4v) is 7.66. The number of carbonyl (C=O) groups excluding carboxylic acids is 1. The molecule has 0 aliphatic carbocycles. The Kier molecular flexibility index (Phi) is 7.68. The number of nitrogens with one attached hydrogen (secondary N) is 1. The maximum atomic E-state index is 13.6. The Labute approximate surface area is 211 Å². The Bertz CT molecular complexity index is 1260. The quantitative estimate of drug-likeness (QED) is 0.460. The summed E-state index contributed by atoms with van der Waals surface area (Å²) >= 11 is 6.23. The van der Waals surface area contributed by atoms with Crippen molar-refractivity contribution < 1.29 is 36.6 Å². The number of benzene rings is 2. The molecule has 196 valence electrons. The van der Waals surface area contributed by atoms with Gasteiger partial charge in [0, 0.05) is 42.0 Å². The average Bonchev–Trinajstić information content (AvgIpc) is 2.98. The smallest absolute Gasteiger partial charge is 0.255 e. The summed E-state index contributed by atoms with van der Waals surface area (Å²) in [6.45, 7) is 1.90. The largest absolute Gasteiger partial charge is 0.394 e. The minimum Gasteiger partial charge on any atom is -0.394 e. The van der Waals surface area contributed by atoms with Gasteiger partial charge in [0.1, 0.15) is 0 Å². The zero-order chi connectivity index (χ0) is 26.4. The number of halogens is 4. The van der Waals surface area contributed by atoms with Gasteiger partial charge >= 0.3 is 0 Å². The molecule has 4 rings (SSSR count). The number of rotatable bonds is 7. The third kappa shape index (κ3) is 5.12. The highest BCUT2D eigenvalue weighted by atomic mass is 35.5. The molecule has 2 heterocycles. The zero-order valence-corrected chi connectivity index (χ0v) is 20.9. The van der Waals surface area contributed by atoms with Crippen LogP contribution in [-0.4, -0.2) is 66.0 Å². The molecule has 2 bridgehead atoms. The molecular weight excluding hydrogens is 521 g/mol. The van der Waals surface area contributed by atoms with Crippen molar-refractivity contribution in [2.45, 2.75) is 54.5 Å². The highest BCUT2D eigenvalue weighted by molar-refractivity contribution is 7.92. The van der Waals surface area contributed by atoms with Gasteiger partial charge in [0.2, 0.25) is 0 Å². The topological polar surface area (TPSA) is 107 Å². The Morgan fingerprint density at radius 1 is 1.17 bits per heavy atom. The van der Waals surface area contributed by atoms with Gasteiger partial charge in [-0.05, 0) is 43.4 Å². The van der Waals surface area contributed by atoms with Gasteiger partial charge in [-0.2, -0.15) is 0 Å². The van der Waals surface area contributed by atoms with Crippen molar-refractivity contribution >= 4 is 33.0 Å². The van der Waals surface area contributed by atoms with Crippen LogP contribution in [0.3, 0.4) is 0 Å². The number of nitrogens with zero attached hydrogens (tertiary/aromatic N) is 1. The molecule has 2 saturated heterocycles. The van der Waals surface area contributed by atoms with Crippen LogP contribution in [0.5, 0.6) is 0 Å². The number of anilines is 1. The lowest BCUT2D eigenvalue weighted by Gasteiger charge is -2.40. The first kappa shape index (κ1) is 26.9. The number of hydrogen-bond acceptors (Lipinski definition) is 6. The molecule has 2 unspecified atom stereocenters. The van der Waals surface area contributed by atoms with Crippen molar-refractivity contribution in [2.75, 3.05) is 18.5 Å². The molecule has 2 aliphatic rings. The van der Waals surface area contributed by atoms with Crippen LogP contribution < -0.4 is 5.32 Å². The first-order chi connectivity index (χ1) is 16.9. The molecule has 2 aromatic rings. The van der Waals surface area contributed by atoms with E-state index < -0.39 is 44.5 Å². The number of piperidine rings is 1. The van der Waals surface area contributed by atoms with Gasteiger partial charge in [0.15, 0.2) is 27.3 Å². The summed E-state index contributed by atoms with van der Waals surface area (Å²) in [6.07, 6.45) is 0.456. The lowest BCUT2D eigenvalue weighted by atomic mass is 9.98. The molecule has 0 radical (unpaired) electrons. The van der Waals surface area contributed by atoms with Crippen LogP contribution in [0.4, 0.5) is 18.9 Å². The summed E-state index contributed by atoms with van der Waals surface area (Å²) in [4.78, 5) is 14.5. The van der Waals surface area contributed by atoms with Gasteiger partial charge in [-0.3, -0.25) is 9.69 Å². The average molecular weight is 547 g/mol. The highest BCUT2D eigenvalue weighted by Gasteiger charge is 2.49. The Morgan fingerprint density at radius 3 is 2.44 bits per heavy atom. The van der Waals surface area contributed by atoms with E-state index in [2.05, 4.69) is 10.2 Å². The number of hydrogen-bond donors (Lipinski definition) is 3. The molecule has 0 saturated carbocycles. The fraction of sp³-hybridized carbons (Fsp3) is 0.458. The van der Waals surface area contributed by atoms with E-state index in [1.165, 1.54) is 12.1 Å². The van der Waals surface area contributed by atoms with Gasteiger partial charge in [0.25, 0.3) is 5.91 Å². The lowest BCUT2D eigenvalue weighted by molar-refractivity contribution is 0.0272. The first-order valence-electron chi connectivity index (χ1n) is 11.5. The van der Waals surface area contributed by atoms with E-state index in [0.29, 0.717) is 25.0 Å². The van der Waals surface area contributed by atoms with Crippen LogP contribution in [0.15, 0.2) is 35.2 Å². The molecule has 36 heavy (non-hydrogen) atoms. The molecule has 7 nitrogen and oxygen atoms in total. The third-order valence-electron chi connectivity index (χ3n) is 7.05. The van der Waals surface area contributed by atoms with Gasteiger partial charge in [0.05, 0.1) is 27.9 Å². The van der Waals surface area contributed by atoms with Crippen LogP contribution in [0, 0.1) is 23.4 Å². The van der Waals surface area contributed by atoms with Crippen molar-refractivity contribution in [3.63, 3.8) is 0 Å². The van der Waals surface area contributed by atoms with E-state index in [1.807, 2.05) is 6.92 Å². The van der Waals surface area contributed by atoms with Crippen molar-refractivity contribution in [2.24, 2.45) is 5.92 Å². The molecule has 2 aliphatic heterocycles. The molecule has 2 fully saturated rings. The highest BCUT2D eigenvalue weighted by Crippen LogP contribution is 2.43. The lowest BCUT2D eigenvalue weighted by Crippen LogP contribution is -2.50. The van der Waals surface area contributed by atoms with E-state index in [-0.39, 0.29) is 52.3 Å². The van der Waals surface area contributed by atoms with Gasteiger partial charge < -0.3 is 15.5 Å². The van der Waals surface area contributed by atoms with Crippen molar-refractivity contribution in [3.8, 4) is 0 Å². The second-order valence-corrected chi connectivity index (χ2v) is 12.1. The van der Waals surface area contributed by atoms with Crippen molar-refractivity contribution in [1.82, 2.24) is 4.90 Å². The van der Waals surface area contributed by atoms with E-state index in [0.717, 1.165) is 12.5 Å². The molecular formula is C24H26ClF3N2O5S. The van der Waals surface area contributed by atoms with Crippen LogP contribution >= 0.6 is 11.6 Å². The minimum absolute atomic E-state index is 0.0658. The van der Waals surface area contributed by atoms with Gasteiger partial charge in [-0.25, -0.2) is 21.6 Å². The Hall–Kier alpha value is -2.18. The number of amides is 1. The zero-order valence-electron chi connectivity index (χ0n) is 19.3. The second-order valence-electron chi connectivity index (χ2n) is 9.46. The van der Waals surface area contributed by atoms with E-state index >= 15 is 0 Å². The summed E-state index contributed by atoms with van der Waals surface area (Å²) in [5, 5.41) is 20.5. The monoisotopic (exact) mass is 546 g/mol. The maximum Gasteiger partial charge on any atom is 0.255 e. The molecule has 2 aromatic carbocycles. The first-order valence-corrected chi connectivity index (χ1v) is 13.4. The van der Waals surface area contributed by atoms with Gasteiger partial charge in [-0.1, -0.05) is 18.5 Å². The van der Waals surface area contributed by atoms with Crippen LogP contribution in [0.2, 0.25) is 5.02 Å². The summed E-state index contributed by atoms with van der Waals surface area (Å²) < 4.78 is 67.4. The van der Waals surface area contributed by atoms with Crippen molar-refractivity contribution in [3.05, 3.63) is 58.4 Å². The molecule has 1 amide bonds. The number of sulfone groups is 1. The third-order valence-corrected chi connectivity index (χ3v) is 9.70. The predicted molar refractivity (Wildman–Crippen MR) is 127 cm³/mol. The van der Waals surface area contributed by atoms with Crippen LogP contribution in [-0.2, 0) is 9.84 Å².